The number of likely N-dealkylation sites (N-methyl/N-ethyl adjacent to an activating group) is 1. The fraction of sp³-hybridized carbons (Fsp3) is 0.458. The molecule has 0 bridgehead atoms. The van der Waals surface area contributed by atoms with Crippen molar-refractivity contribution in [3.8, 4) is 5.75 Å². The first-order chi connectivity index (χ1) is 15.0. The second kappa shape index (κ2) is 10.1. The van der Waals surface area contributed by atoms with Crippen LogP contribution in [0.1, 0.15) is 32.8 Å². The summed E-state index contributed by atoms with van der Waals surface area (Å²) in [6, 6.07) is 12.3. The predicted molar refractivity (Wildman–Crippen MR) is 121 cm³/mol. The van der Waals surface area contributed by atoms with Crippen LogP contribution in [0.25, 0.3) is 0 Å². The first kappa shape index (κ1) is 24.3. The van der Waals surface area contributed by atoms with E-state index < -0.39 is 36.0 Å². The summed E-state index contributed by atoms with van der Waals surface area (Å²) in [4.78, 5) is 14.4. The van der Waals surface area contributed by atoms with Crippen molar-refractivity contribution in [1.29, 1.82) is 0 Å². The number of carbonyl (C=O) groups is 1. The molecule has 0 unspecified atom stereocenters. The number of aliphatic hydroxyl groups is 1. The molecular formula is C24H30ClFN2O4. The average molecular weight is 465 g/mol. The van der Waals surface area contributed by atoms with E-state index in [-0.39, 0.29) is 5.82 Å². The molecule has 0 aromatic heterocycles. The van der Waals surface area contributed by atoms with E-state index in [0.717, 1.165) is 5.56 Å². The maximum Gasteiger partial charge on any atom is 0.407 e. The zero-order valence-corrected chi connectivity index (χ0v) is 19.5. The summed E-state index contributed by atoms with van der Waals surface area (Å²) in [6.07, 6.45) is -1.66. The number of amides is 1. The number of aliphatic hydroxyl groups excluding tert-OH is 1. The maximum absolute atomic E-state index is 13.2. The fourth-order valence-corrected chi connectivity index (χ4v) is 4.07. The van der Waals surface area contributed by atoms with Crippen molar-refractivity contribution in [1.82, 2.24) is 10.2 Å². The smallest absolute Gasteiger partial charge is 0.407 e. The second-order valence-corrected chi connectivity index (χ2v) is 9.56. The van der Waals surface area contributed by atoms with Crippen molar-refractivity contribution in [3.05, 3.63) is 64.9 Å². The molecule has 6 nitrogen and oxygen atoms in total. The molecule has 8 heteroatoms. The molecule has 1 aliphatic carbocycles. The molecule has 1 fully saturated rings. The Kier molecular flexibility index (Phi) is 7.64. The minimum atomic E-state index is -0.891. The Labute approximate surface area is 193 Å². The third kappa shape index (κ3) is 6.58. The third-order valence-corrected chi connectivity index (χ3v) is 5.54. The van der Waals surface area contributed by atoms with Gasteiger partial charge in [-0.3, -0.25) is 4.90 Å². The van der Waals surface area contributed by atoms with Crippen molar-refractivity contribution < 1.29 is 23.8 Å². The lowest BCUT2D eigenvalue weighted by Crippen LogP contribution is -2.52. The Morgan fingerprint density at radius 1 is 1.19 bits per heavy atom. The lowest BCUT2D eigenvalue weighted by molar-refractivity contribution is 0.0108. The molecule has 2 N–H and O–H groups in total. The van der Waals surface area contributed by atoms with E-state index >= 15 is 0 Å². The van der Waals surface area contributed by atoms with Crippen LogP contribution in [0.4, 0.5) is 9.18 Å². The van der Waals surface area contributed by atoms with Crippen molar-refractivity contribution in [2.75, 3.05) is 7.05 Å². The van der Waals surface area contributed by atoms with Crippen LogP contribution < -0.4 is 10.1 Å². The third-order valence-electron chi connectivity index (χ3n) is 5.29. The van der Waals surface area contributed by atoms with Gasteiger partial charge in [0.2, 0.25) is 0 Å². The Morgan fingerprint density at radius 2 is 1.81 bits per heavy atom. The van der Waals surface area contributed by atoms with Gasteiger partial charge in [-0.2, -0.15) is 0 Å². The Morgan fingerprint density at radius 3 is 2.41 bits per heavy atom. The zero-order valence-electron chi connectivity index (χ0n) is 18.7. The number of nitrogens with one attached hydrogen (secondary N) is 1. The van der Waals surface area contributed by atoms with Crippen LogP contribution in [-0.4, -0.2) is 53.0 Å². The number of alkyl carbamates (subject to hydrolysis) is 1. The summed E-state index contributed by atoms with van der Waals surface area (Å²) in [5, 5.41) is 14.7. The van der Waals surface area contributed by atoms with E-state index in [2.05, 4.69) is 5.32 Å². The van der Waals surface area contributed by atoms with E-state index in [1.54, 1.807) is 20.8 Å². The molecular weight excluding hydrogens is 435 g/mol. The molecule has 3 rings (SSSR count). The van der Waals surface area contributed by atoms with Crippen LogP contribution >= 0.6 is 11.6 Å². The molecule has 174 valence electrons. The Hall–Kier alpha value is -2.35. The molecule has 1 aliphatic rings. The van der Waals surface area contributed by atoms with Gasteiger partial charge in [0.1, 0.15) is 29.4 Å². The van der Waals surface area contributed by atoms with Gasteiger partial charge in [-0.05, 0) is 69.8 Å². The molecule has 0 aliphatic heterocycles. The Bertz CT molecular complexity index is 902. The molecule has 1 amide bonds. The number of benzene rings is 2. The van der Waals surface area contributed by atoms with Gasteiger partial charge >= 0.3 is 6.09 Å². The van der Waals surface area contributed by atoms with E-state index in [1.807, 2.05) is 36.2 Å². The summed E-state index contributed by atoms with van der Waals surface area (Å²) < 4.78 is 24.6. The first-order valence-corrected chi connectivity index (χ1v) is 10.9. The normalized spacial score (nSPS) is 23.2. The molecule has 0 spiro atoms. The summed E-state index contributed by atoms with van der Waals surface area (Å²) in [6.45, 7) is 5.91. The average Bonchev–Trinajstić information content (AvgIpc) is 2.98. The van der Waals surface area contributed by atoms with Crippen LogP contribution in [0.3, 0.4) is 0 Å². The molecule has 2 aromatic carbocycles. The summed E-state index contributed by atoms with van der Waals surface area (Å²) in [5.74, 6) is 0.0850. The van der Waals surface area contributed by atoms with Crippen molar-refractivity contribution in [2.24, 2.45) is 0 Å². The molecule has 2 aromatic rings. The highest BCUT2D eigenvalue weighted by Crippen LogP contribution is 2.30. The van der Waals surface area contributed by atoms with Crippen LogP contribution in [0.2, 0.25) is 5.02 Å². The van der Waals surface area contributed by atoms with E-state index in [9.17, 15) is 14.3 Å². The number of rotatable bonds is 6. The second-order valence-electron chi connectivity index (χ2n) is 9.12. The highest BCUT2D eigenvalue weighted by Gasteiger charge is 2.47. The number of ether oxygens (including phenoxy) is 2. The molecule has 1 saturated carbocycles. The molecule has 0 saturated heterocycles. The van der Waals surface area contributed by atoms with Gasteiger partial charge in [-0.15, -0.1) is 0 Å². The first-order valence-electron chi connectivity index (χ1n) is 10.6. The lowest BCUT2D eigenvalue weighted by atomic mass is 10.1. The minimum Gasteiger partial charge on any atom is -0.488 e. The monoisotopic (exact) mass is 464 g/mol. The number of nitrogens with zero attached hydrogens (tertiary/aromatic N) is 1. The van der Waals surface area contributed by atoms with E-state index in [4.69, 9.17) is 21.1 Å². The molecule has 32 heavy (non-hydrogen) atoms. The SMILES string of the molecule is CN(Cc1ccc(Cl)cc1)[C@@H]1[C@@H](O)[C@H](Oc2ccc(F)cc2)C[C@H]1NC(=O)OC(C)(C)C. The quantitative estimate of drug-likeness (QED) is 0.663. The van der Waals surface area contributed by atoms with Gasteiger partial charge in [0.25, 0.3) is 0 Å². The van der Waals surface area contributed by atoms with Gasteiger partial charge in [-0.1, -0.05) is 23.7 Å². The van der Waals surface area contributed by atoms with Gasteiger partial charge < -0.3 is 19.9 Å². The maximum atomic E-state index is 13.2. The van der Waals surface area contributed by atoms with E-state index in [1.165, 1.54) is 24.3 Å². The highest BCUT2D eigenvalue weighted by molar-refractivity contribution is 6.30. The molecule has 0 radical (unpaired) electrons. The summed E-state index contributed by atoms with van der Waals surface area (Å²) in [7, 11) is 1.88. The predicted octanol–water partition coefficient (Wildman–Crippen LogP) is 4.39. The van der Waals surface area contributed by atoms with Crippen LogP contribution in [0.15, 0.2) is 48.5 Å². The standard InChI is InChI=1S/C24H30ClFN2O4/c1-24(2,3)32-23(30)27-19-13-20(31-18-11-9-17(26)10-12-18)22(29)21(19)28(4)14-15-5-7-16(25)8-6-15/h5-12,19-22,29H,13-14H2,1-4H3,(H,27,30)/t19-,20-,21+,22+/m1/s1. The van der Waals surface area contributed by atoms with Crippen LogP contribution in [-0.2, 0) is 11.3 Å². The highest BCUT2D eigenvalue weighted by atomic mass is 35.5. The molecule has 0 heterocycles. The number of halogens is 2. The molecule has 4 atom stereocenters. The zero-order chi connectivity index (χ0) is 23.5. The largest absolute Gasteiger partial charge is 0.488 e. The van der Waals surface area contributed by atoms with Gasteiger partial charge in [-0.25, -0.2) is 9.18 Å². The van der Waals surface area contributed by atoms with Gasteiger partial charge in [0.15, 0.2) is 0 Å². The van der Waals surface area contributed by atoms with Crippen LogP contribution in [0.5, 0.6) is 5.75 Å². The van der Waals surface area contributed by atoms with Crippen molar-refractivity contribution >= 4 is 17.7 Å². The van der Waals surface area contributed by atoms with Crippen molar-refractivity contribution in [2.45, 2.75) is 63.6 Å². The van der Waals surface area contributed by atoms with Gasteiger partial charge in [0, 0.05) is 18.0 Å². The number of carbonyl (C=O) groups excluding carboxylic acids is 1. The number of hydrogen-bond acceptors (Lipinski definition) is 5. The summed E-state index contributed by atoms with van der Waals surface area (Å²) >= 11 is 5.98. The fourth-order valence-electron chi connectivity index (χ4n) is 3.95. The topological polar surface area (TPSA) is 71.0 Å². The van der Waals surface area contributed by atoms with Crippen molar-refractivity contribution in [3.63, 3.8) is 0 Å². The lowest BCUT2D eigenvalue weighted by Gasteiger charge is -2.32. The van der Waals surface area contributed by atoms with E-state index in [0.29, 0.717) is 23.7 Å². The summed E-state index contributed by atoms with van der Waals surface area (Å²) in [5.41, 5.74) is 0.374. The Balaban J connectivity index is 1.77. The van der Waals surface area contributed by atoms with Crippen LogP contribution in [0, 0.1) is 5.82 Å². The number of hydrogen-bond donors (Lipinski definition) is 2. The minimum absolute atomic E-state index is 0.366. The van der Waals surface area contributed by atoms with Gasteiger partial charge in [0.05, 0.1) is 12.1 Å².